The summed E-state index contributed by atoms with van der Waals surface area (Å²) in [6, 6.07) is 7.54. The number of fused-ring (bicyclic) bond motifs is 1. The Morgan fingerprint density at radius 3 is 3.05 bits per heavy atom. The molecule has 4 heteroatoms. The molecular formula is C16H18ClNO2. The highest BCUT2D eigenvalue weighted by Gasteiger charge is 2.28. The maximum Gasteiger partial charge on any atom is 0.289 e. The van der Waals surface area contributed by atoms with E-state index in [2.05, 4.69) is 6.92 Å². The number of nitrogens with zero attached hydrogens (tertiary/aromatic N) is 1. The Morgan fingerprint density at radius 1 is 1.40 bits per heavy atom. The van der Waals surface area contributed by atoms with E-state index < -0.39 is 0 Å². The van der Waals surface area contributed by atoms with Crippen molar-refractivity contribution in [2.45, 2.75) is 38.6 Å². The number of furan rings is 1. The minimum Gasteiger partial charge on any atom is -0.451 e. The van der Waals surface area contributed by atoms with Gasteiger partial charge in [-0.3, -0.25) is 4.79 Å². The molecule has 0 N–H and O–H groups in total. The summed E-state index contributed by atoms with van der Waals surface area (Å²) in [5, 5.41) is 1.53. The summed E-state index contributed by atoms with van der Waals surface area (Å²) in [6.45, 7) is 2.96. The minimum absolute atomic E-state index is 0.00359. The number of hydrogen-bond donors (Lipinski definition) is 0. The summed E-state index contributed by atoms with van der Waals surface area (Å²) in [4.78, 5) is 14.6. The first-order valence-corrected chi connectivity index (χ1v) is 7.57. The van der Waals surface area contributed by atoms with E-state index in [0.29, 0.717) is 22.4 Å². The largest absolute Gasteiger partial charge is 0.451 e. The molecule has 1 atom stereocenters. The molecule has 3 rings (SSSR count). The highest BCUT2D eigenvalue weighted by atomic mass is 35.5. The van der Waals surface area contributed by atoms with Gasteiger partial charge >= 0.3 is 0 Å². The molecule has 1 aromatic carbocycles. The third kappa shape index (κ3) is 2.42. The zero-order valence-corrected chi connectivity index (χ0v) is 12.3. The van der Waals surface area contributed by atoms with Crippen LogP contribution in [0.1, 0.15) is 43.2 Å². The highest BCUT2D eigenvalue weighted by molar-refractivity contribution is 6.31. The van der Waals surface area contributed by atoms with Gasteiger partial charge in [-0.2, -0.15) is 0 Å². The molecule has 0 bridgehead atoms. The molecule has 106 valence electrons. The summed E-state index contributed by atoms with van der Waals surface area (Å²) in [7, 11) is 0. The van der Waals surface area contributed by atoms with Crippen LogP contribution in [0.5, 0.6) is 0 Å². The van der Waals surface area contributed by atoms with Crippen LogP contribution < -0.4 is 0 Å². The van der Waals surface area contributed by atoms with E-state index in [-0.39, 0.29) is 5.91 Å². The topological polar surface area (TPSA) is 33.5 Å². The van der Waals surface area contributed by atoms with Gasteiger partial charge in [0.25, 0.3) is 5.91 Å². The van der Waals surface area contributed by atoms with Gasteiger partial charge in [-0.05, 0) is 49.9 Å². The summed E-state index contributed by atoms with van der Waals surface area (Å²) >= 11 is 5.96. The van der Waals surface area contributed by atoms with E-state index in [1.807, 2.05) is 17.0 Å². The molecule has 1 fully saturated rings. The van der Waals surface area contributed by atoms with Crippen LogP contribution in [-0.2, 0) is 0 Å². The van der Waals surface area contributed by atoms with Gasteiger partial charge in [0.05, 0.1) is 0 Å². The maximum atomic E-state index is 12.6. The van der Waals surface area contributed by atoms with Gasteiger partial charge in [0.2, 0.25) is 0 Å². The molecular weight excluding hydrogens is 274 g/mol. The van der Waals surface area contributed by atoms with Gasteiger partial charge in [0, 0.05) is 23.0 Å². The van der Waals surface area contributed by atoms with E-state index >= 15 is 0 Å². The van der Waals surface area contributed by atoms with Crippen LogP contribution in [0.4, 0.5) is 0 Å². The van der Waals surface area contributed by atoms with Crippen molar-refractivity contribution >= 4 is 28.5 Å². The Labute approximate surface area is 123 Å². The maximum absolute atomic E-state index is 12.6. The van der Waals surface area contributed by atoms with Gasteiger partial charge in [-0.25, -0.2) is 0 Å². The predicted octanol–water partition coefficient (Wildman–Crippen LogP) is 4.49. The van der Waals surface area contributed by atoms with E-state index in [0.717, 1.165) is 31.2 Å². The van der Waals surface area contributed by atoms with Crippen molar-refractivity contribution in [2.75, 3.05) is 6.54 Å². The summed E-state index contributed by atoms with van der Waals surface area (Å²) < 4.78 is 5.68. The fourth-order valence-electron chi connectivity index (χ4n) is 2.95. The van der Waals surface area contributed by atoms with Gasteiger partial charge in [0.1, 0.15) is 5.58 Å². The average Bonchev–Trinajstić information content (AvgIpc) is 2.89. The average molecular weight is 292 g/mol. The summed E-state index contributed by atoms with van der Waals surface area (Å²) in [5.41, 5.74) is 0.711. The second-order valence-corrected chi connectivity index (χ2v) is 5.79. The number of carbonyl (C=O) groups excluding carboxylic acids is 1. The van der Waals surface area contributed by atoms with Gasteiger partial charge in [-0.1, -0.05) is 18.5 Å². The van der Waals surface area contributed by atoms with Crippen molar-refractivity contribution in [1.29, 1.82) is 0 Å². The van der Waals surface area contributed by atoms with Crippen LogP contribution in [0.15, 0.2) is 28.7 Å². The van der Waals surface area contributed by atoms with E-state index in [9.17, 15) is 4.79 Å². The number of carbonyl (C=O) groups is 1. The molecule has 0 saturated carbocycles. The molecule has 2 aromatic rings. The second-order valence-electron chi connectivity index (χ2n) is 5.35. The third-order valence-electron chi connectivity index (χ3n) is 4.05. The smallest absolute Gasteiger partial charge is 0.289 e. The number of benzene rings is 1. The Morgan fingerprint density at radius 2 is 2.25 bits per heavy atom. The molecule has 1 amide bonds. The number of hydrogen-bond acceptors (Lipinski definition) is 2. The van der Waals surface area contributed by atoms with Crippen molar-refractivity contribution in [1.82, 2.24) is 4.90 Å². The molecule has 0 aliphatic carbocycles. The first kappa shape index (κ1) is 13.5. The van der Waals surface area contributed by atoms with Crippen molar-refractivity contribution in [3.8, 4) is 0 Å². The zero-order chi connectivity index (χ0) is 14.1. The monoisotopic (exact) mass is 291 g/mol. The van der Waals surface area contributed by atoms with E-state index in [4.69, 9.17) is 16.0 Å². The lowest BCUT2D eigenvalue weighted by Crippen LogP contribution is -2.43. The van der Waals surface area contributed by atoms with Crippen LogP contribution in [0.25, 0.3) is 11.0 Å². The fraction of sp³-hybridized carbons (Fsp3) is 0.438. The summed E-state index contributed by atoms with van der Waals surface area (Å²) in [5.74, 6) is 0.423. The normalized spacial score (nSPS) is 19.5. The first-order chi connectivity index (χ1) is 9.69. The van der Waals surface area contributed by atoms with Crippen LogP contribution in [0.3, 0.4) is 0 Å². The standard InChI is InChI=1S/C16H18ClNO2/c1-2-13-5-3-4-8-18(13)16(19)15-10-11-9-12(17)6-7-14(11)20-15/h6-7,9-10,13H,2-5,8H2,1H3. The van der Waals surface area contributed by atoms with Gasteiger partial charge in [0.15, 0.2) is 5.76 Å². The quantitative estimate of drug-likeness (QED) is 0.817. The van der Waals surface area contributed by atoms with E-state index in [1.165, 1.54) is 6.42 Å². The highest BCUT2D eigenvalue weighted by Crippen LogP contribution is 2.26. The van der Waals surface area contributed by atoms with E-state index in [1.54, 1.807) is 12.1 Å². The van der Waals surface area contributed by atoms with Crippen molar-refractivity contribution in [3.63, 3.8) is 0 Å². The Hall–Kier alpha value is -1.48. The second kappa shape index (κ2) is 5.49. The molecule has 0 radical (unpaired) electrons. The number of halogens is 1. The van der Waals surface area contributed by atoms with Crippen LogP contribution in [0.2, 0.25) is 5.02 Å². The van der Waals surface area contributed by atoms with Crippen molar-refractivity contribution < 1.29 is 9.21 Å². The summed E-state index contributed by atoms with van der Waals surface area (Å²) in [6.07, 6.45) is 4.37. The van der Waals surface area contributed by atoms with Crippen LogP contribution in [-0.4, -0.2) is 23.4 Å². The van der Waals surface area contributed by atoms with Crippen molar-refractivity contribution in [2.24, 2.45) is 0 Å². The predicted molar refractivity (Wildman–Crippen MR) is 80.2 cm³/mol. The van der Waals surface area contributed by atoms with Crippen LogP contribution in [0, 0.1) is 0 Å². The first-order valence-electron chi connectivity index (χ1n) is 7.19. The zero-order valence-electron chi connectivity index (χ0n) is 11.6. The van der Waals surface area contributed by atoms with Crippen molar-refractivity contribution in [3.05, 3.63) is 35.0 Å². The molecule has 0 spiro atoms. The molecule has 1 saturated heterocycles. The molecule has 1 aromatic heterocycles. The number of amides is 1. The lowest BCUT2D eigenvalue weighted by molar-refractivity contribution is 0.0578. The number of piperidine rings is 1. The lowest BCUT2D eigenvalue weighted by Gasteiger charge is -2.34. The molecule has 3 nitrogen and oxygen atoms in total. The van der Waals surface area contributed by atoms with Gasteiger partial charge < -0.3 is 9.32 Å². The molecule has 20 heavy (non-hydrogen) atoms. The molecule has 2 heterocycles. The third-order valence-corrected chi connectivity index (χ3v) is 4.28. The number of likely N-dealkylation sites (tertiary alicyclic amines) is 1. The molecule has 1 aliphatic rings. The fourth-order valence-corrected chi connectivity index (χ4v) is 3.13. The number of rotatable bonds is 2. The molecule has 1 aliphatic heterocycles. The molecule has 1 unspecified atom stereocenters. The van der Waals surface area contributed by atoms with Gasteiger partial charge in [-0.15, -0.1) is 0 Å². The van der Waals surface area contributed by atoms with Crippen LogP contribution >= 0.6 is 11.6 Å². The Bertz CT molecular complexity index is 634. The SMILES string of the molecule is CCC1CCCCN1C(=O)c1cc2cc(Cl)ccc2o1. The minimum atomic E-state index is 0.00359. The lowest BCUT2D eigenvalue weighted by atomic mass is 10.00. The Kier molecular flexibility index (Phi) is 3.70. The Balaban J connectivity index is 1.91.